The molecule has 1 N–H and O–H groups in total. The summed E-state index contributed by atoms with van der Waals surface area (Å²) >= 11 is 15.0. The third-order valence-electron chi connectivity index (χ3n) is 1.39. The Balaban J connectivity index is 0. The predicted octanol–water partition coefficient (Wildman–Crippen LogP) is 4.33. The molecule has 0 unspecified atom stereocenters. The van der Waals surface area contributed by atoms with Gasteiger partial charge in [0.2, 0.25) is 3.79 Å². The van der Waals surface area contributed by atoms with Crippen molar-refractivity contribution in [3.63, 3.8) is 0 Å². The van der Waals surface area contributed by atoms with Gasteiger partial charge in [0.1, 0.15) is 0 Å². The van der Waals surface area contributed by atoms with Gasteiger partial charge in [0.05, 0.1) is 6.61 Å². The normalized spacial score (nSPS) is 10.6. The molecule has 0 radical (unpaired) electrons. The van der Waals surface area contributed by atoms with Crippen LogP contribution in [0, 0.1) is 0 Å². The van der Waals surface area contributed by atoms with E-state index < -0.39 is 10.4 Å². The summed E-state index contributed by atoms with van der Waals surface area (Å²) < 4.78 is -1.49. The van der Waals surface area contributed by atoms with E-state index in [1.54, 1.807) is 0 Å². The van der Waals surface area contributed by atoms with Crippen molar-refractivity contribution in [2.24, 2.45) is 0 Å². The topological polar surface area (TPSA) is 20.2 Å². The van der Waals surface area contributed by atoms with Gasteiger partial charge in [-0.3, -0.25) is 0 Å². The van der Waals surface area contributed by atoms with Gasteiger partial charge in [-0.05, 0) is 0 Å². The van der Waals surface area contributed by atoms with Crippen LogP contribution in [0.5, 0.6) is 0 Å². The zero-order chi connectivity index (χ0) is 10.7. The maximum absolute atomic E-state index is 8.01. The Labute approximate surface area is 96.4 Å². The lowest BCUT2D eigenvalue weighted by atomic mass is 10.2. The molecular formula is C9H19Cl3O. The van der Waals surface area contributed by atoms with Crippen molar-refractivity contribution in [1.29, 1.82) is 0 Å². The van der Waals surface area contributed by atoms with E-state index in [9.17, 15) is 0 Å². The molecule has 82 valence electrons. The molecule has 0 saturated heterocycles. The smallest absolute Gasteiger partial charge is 0.213 e. The number of aliphatic hydroxyl groups is 1. The van der Waals surface area contributed by atoms with Crippen molar-refractivity contribution >= 4 is 34.8 Å². The van der Waals surface area contributed by atoms with Crippen LogP contribution in [0.4, 0.5) is 0 Å². The minimum absolute atomic E-state index is 0.433. The minimum atomic E-state index is -1.49. The van der Waals surface area contributed by atoms with E-state index in [4.69, 9.17) is 39.9 Å². The van der Waals surface area contributed by atoms with Gasteiger partial charge in [0.25, 0.3) is 0 Å². The summed E-state index contributed by atoms with van der Waals surface area (Å²) in [5.41, 5.74) is 0. The summed E-state index contributed by atoms with van der Waals surface area (Å²) in [7, 11) is 0. The highest BCUT2D eigenvalue weighted by atomic mass is 35.6. The van der Waals surface area contributed by atoms with Crippen molar-refractivity contribution in [3.8, 4) is 0 Å². The van der Waals surface area contributed by atoms with E-state index >= 15 is 0 Å². The fourth-order valence-electron chi connectivity index (χ4n) is 0.677. The van der Waals surface area contributed by atoms with Crippen molar-refractivity contribution < 1.29 is 5.11 Å². The van der Waals surface area contributed by atoms with E-state index in [0.717, 1.165) is 0 Å². The van der Waals surface area contributed by atoms with Gasteiger partial charge < -0.3 is 5.11 Å². The number of hydrogen-bond donors (Lipinski definition) is 1. The molecule has 0 aliphatic heterocycles. The van der Waals surface area contributed by atoms with Crippen LogP contribution < -0.4 is 0 Å². The van der Waals surface area contributed by atoms with E-state index in [1.807, 2.05) is 0 Å². The summed E-state index contributed by atoms with van der Waals surface area (Å²) in [5.74, 6) is 0. The molecule has 0 rings (SSSR count). The average molecular weight is 250 g/mol. The number of alkyl halides is 3. The van der Waals surface area contributed by atoms with Crippen molar-refractivity contribution in [1.82, 2.24) is 0 Å². The molecule has 0 atom stereocenters. The second-order valence-electron chi connectivity index (χ2n) is 2.83. The molecule has 0 aliphatic rings. The Hall–Kier alpha value is 0.830. The monoisotopic (exact) mass is 248 g/mol. The predicted molar refractivity (Wildman–Crippen MR) is 61.8 cm³/mol. The Morgan fingerprint density at radius 1 is 0.923 bits per heavy atom. The highest BCUT2D eigenvalue weighted by Gasteiger charge is 2.16. The van der Waals surface area contributed by atoms with Gasteiger partial charge in [0, 0.05) is 0 Å². The molecule has 0 aromatic heterocycles. The number of hydrogen-bond acceptors (Lipinski definition) is 1. The van der Waals surface area contributed by atoms with Gasteiger partial charge in [-0.2, -0.15) is 0 Å². The Bertz CT molecular complexity index is 87.4. The van der Waals surface area contributed by atoms with Crippen LogP contribution in [-0.4, -0.2) is 15.5 Å². The fraction of sp³-hybridized carbons (Fsp3) is 1.00. The Morgan fingerprint density at radius 2 is 1.23 bits per heavy atom. The Kier molecular flexibility index (Phi) is 13.6. The molecule has 4 heteroatoms. The highest BCUT2D eigenvalue weighted by Crippen LogP contribution is 2.23. The largest absolute Gasteiger partial charge is 0.392 e. The van der Waals surface area contributed by atoms with Crippen LogP contribution in [0.15, 0.2) is 0 Å². The molecule has 0 saturated carbocycles. The Morgan fingerprint density at radius 3 is 1.38 bits per heavy atom. The first-order valence-electron chi connectivity index (χ1n) is 4.65. The molecule has 0 amide bonds. The molecule has 0 aromatic carbocycles. The van der Waals surface area contributed by atoms with Gasteiger partial charge in [-0.25, -0.2) is 0 Å². The standard InChI is InChI=1S/C7H16.C2H3Cl3O/c1-3-5-7-6-4-2;3-2(4,5)1-6/h3-7H2,1-2H3;6H,1H2. The summed E-state index contributed by atoms with van der Waals surface area (Å²) in [4.78, 5) is 0. The maximum atomic E-state index is 8.01. The molecule has 13 heavy (non-hydrogen) atoms. The van der Waals surface area contributed by atoms with Gasteiger partial charge in [-0.1, -0.05) is 80.8 Å². The molecule has 0 aliphatic carbocycles. The first-order valence-corrected chi connectivity index (χ1v) is 5.78. The van der Waals surface area contributed by atoms with Crippen LogP contribution in [0.25, 0.3) is 0 Å². The van der Waals surface area contributed by atoms with Gasteiger partial charge in [-0.15, -0.1) is 0 Å². The lowest BCUT2D eigenvalue weighted by Gasteiger charge is -2.01. The molecule has 0 fully saturated rings. The van der Waals surface area contributed by atoms with E-state index in [1.165, 1.54) is 32.1 Å². The van der Waals surface area contributed by atoms with Crippen LogP contribution in [0.2, 0.25) is 0 Å². The highest BCUT2D eigenvalue weighted by molar-refractivity contribution is 6.67. The van der Waals surface area contributed by atoms with Crippen LogP contribution in [-0.2, 0) is 0 Å². The number of unbranched alkanes of at least 4 members (excludes halogenated alkanes) is 4. The second-order valence-corrected chi connectivity index (χ2v) is 5.35. The van der Waals surface area contributed by atoms with Gasteiger partial charge in [0.15, 0.2) is 0 Å². The number of rotatable bonds is 4. The fourth-order valence-corrected chi connectivity index (χ4v) is 0.677. The second kappa shape index (κ2) is 10.9. The van der Waals surface area contributed by atoms with Crippen LogP contribution in [0.1, 0.15) is 46.0 Å². The van der Waals surface area contributed by atoms with Crippen molar-refractivity contribution in [3.05, 3.63) is 0 Å². The minimum Gasteiger partial charge on any atom is -0.392 e. The van der Waals surface area contributed by atoms with E-state index in [-0.39, 0.29) is 0 Å². The summed E-state index contributed by atoms with van der Waals surface area (Å²) in [6.45, 7) is 4.06. The zero-order valence-electron chi connectivity index (χ0n) is 8.32. The third kappa shape index (κ3) is 24.5. The lowest BCUT2D eigenvalue weighted by molar-refractivity contribution is 0.303. The molecule has 1 nitrogen and oxygen atoms in total. The molecule has 0 heterocycles. The number of halogens is 3. The van der Waals surface area contributed by atoms with Gasteiger partial charge >= 0.3 is 0 Å². The summed E-state index contributed by atoms with van der Waals surface area (Å²) in [6.07, 6.45) is 7.01. The first kappa shape index (κ1) is 16.3. The van der Waals surface area contributed by atoms with Crippen LogP contribution in [0.3, 0.4) is 0 Å². The maximum Gasteiger partial charge on any atom is 0.213 e. The molecule has 0 spiro atoms. The summed E-state index contributed by atoms with van der Waals surface area (Å²) in [6, 6.07) is 0. The molecular weight excluding hydrogens is 230 g/mol. The zero-order valence-corrected chi connectivity index (χ0v) is 10.6. The molecule has 0 aromatic rings. The third-order valence-corrected chi connectivity index (χ3v) is 1.74. The quantitative estimate of drug-likeness (QED) is 0.581. The van der Waals surface area contributed by atoms with E-state index in [0.29, 0.717) is 0 Å². The average Bonchev–Trinajstić information content (AvgIpc) is 2.06. The van der Waals surface area contributed by atoms with Crippen molar-refractivity contribution in [2.75, 3.05) is 6.61 Å². The SMILES string of the molecule is CCCCCCC.OCC(Cl)(Cl)Cl. The number of aliphatic hydroxyl groups excluding tert-OH is 1. The first-order chi connectivity index (χ1) is 5.97. The van der Waals surface area contributed by atoms with E-state index in [2.05, 4.69) is 13.8 Å². The van der Waals surface area contributed by atoms with Crippen molar-refractivity contribution in [2.45, 2.75) is 49.7 Å². The van der Waals surface area contributed by atoms with Crippen LogP contribution >= 0.6 is 34.8 Å². The lowest BCUT2D eigenvalue weighted by Crippen LogP contribution is -2.06. The summed E-state index contributed by atoms with van der Waals surface area (Å²) in [5, 5.41) is 8.01. The molecule has 0 bridgehead atoms.